The molecule has 1 aliphatic heterocycles. The molecule has 1 saturated heterocycles. The fraction of sp³-hybridized carbons (Fsp3) is 0.409. The van der Waals surface area contributed by atoms with Crippen LogP contribution in [0.15, 0.2) is 41.3 Å². The first-order valence-electron chi connectivity index (χ1n) is 9.70. The summed E-state index contributed by atoms with van der Waals surface area (Å²) < 4.78 is 33.2. The molecule has 0 saturated carbocycles. The molecule has 0 spiro atoms. The van der Waals surface area contributed by atoms with Crippen molar-refractivity contribution >= 4 is 16.0 Å². The predicted octanol–water partition coefficient (Wildman–Crippen LogP) is 4.40. The van der Waals surface area contributed by atoms with Gasteiger partial charge in [0.25, 0.3) is 0 Å². The monoisotopic (exact) mass is 401 g/mol. The number of hydrogen-bond donors (Lipinski definition) is 0. The van der Waals surface area contributed by atoms with Crippen LogP contribution in [-0.4, -0.2) is 31.8 Å². The maximum Gasteiger partial charge on any atom is 0.343 e. The lowest BCUT2D eigenvalue weighted by atomic mass is 10.1. The molecule has 2 aromatic carbocycles. The molecule has 0 unspecified atom stereocenters. The number of carbonyl (C=O) groups is 1. The van der Waals surface area contributed by atoms with Gasteiger partial charge >= 0.3 is 5.97 Å². The Morgan fingerprint density at radius 1 is 0.929 bits per heavy atom. The van der Waals surface area contributed by atoms with E-state index in [2.05, 4.69) is 0 Å². The van der Waals surface area contributed by atoms with Crippen molar-refractivity contribution < 1.29 is 17.9 Å². The third kappa shape index (κ3) is 4.28. The lowest BCUT2D eigenvalue weighted by Crippen LogP contribution is -2.32. The Hall–Kier alpha value is -2.18. The van der Waals surface area contributed by atoms with Crippen LogP contribution >= 0.6 is 0 Å². The summed E-state index contributed by atoms with van der Waals surface area (Å²) in [5.41, 5.74) is 3.04. The summed E-state index contributed by atoms with van der Waals surface area (Å²) in [6.07, 6.45) is 3.83. The van der Waals surface area contributed by atoms with Crippen LogP contribution in [-0.2, 0) is 10.0 Å². The maximum absolute atomic E-state index is 13.0. The zero-order valence-electron chi connectivity index (χ0n) is 16.7. The van der Waals surface area contributed by atoms with Crippen LogP contribution < -0.4 is 4.74 Å². The summed E-state index contributed by atoms with van der Waals surface area (Å²) in [7, 11) is -3.61. The fourth-order valence-corrected chi connectivity index (χ4v) is 5.01. The molecule has 0 bridgehead atoms. The Bertz CT molecular complexity index is 974. The Labute approximate surface area is 167 Å². The second-order valence-corrected chi connectivity index (χ2v) is 9.33. The first-order chi connectivity index (χ1) is 13.3. The number of aryl methyl sites for hydroxylation is 2. The topological polar surface area (TPSA) is 63.7 Å². The van der Waals surface area contributed by atoms with Crippen LogP contribution in [0.5, 0.6) is 5.75 Å². The number of rotatable bonds is 4. The van der Waals surface area contributed by atoms with Gasteiger partial charge in [0.05, 0.1) is 10.5 Å². The van der Waals surface area contributed by atoms with Crippen molar-refractivity contribution in [2.45, 2.75) is 51.3 Å². The molecule has 0 aromatic heterocycles. The van der Waals surface area contributed by atoms with Crippen LogP contribution in [0.4, 0.5) is 0 Å². The molecule has 0 amide bonds. The van der Waals surface area contributed by atoms with Crippen LogP contribution in [0.25, 0.3) is 0 Å². The zero-order valence-corrected chi connectivity index (χ0v) is 17.5. The quantitative estimate of drug-likeness (QED) is 0.563. The number of esters is 1. The molecule has 1 aliphatic rings. The average molecular weight is 402 g/mol. The van der Waals surface area contributed by atoms with Crippen molar-refractivity contribution in [2.24, 2.45) is 0 Å². The van der Waals surface area contributed by atoms with E-state index in [4.69, 9.17) is 4.74 Å². The largest absolute Gasteiger partial charge is 0.422 e. The third-order valence-corrected chi connectivity index (χ3v) is 7.24. The maximum atomic E-state index is 13.0. The predicted molar refractivity (Wildman–Crippen MR) is 109 cm³/mol. The first kappa shape index (κ1) is 20.6. The number of ether oxygens (including phenoxy) is 1. The Balaban J connectivity index is 1.87. The molecule has 5 nitrogen and oxygen atoms in total. The van der Waals surface area contributed by atoms with Gasteiger partial charge in [-0.05, 0) is 68.5 Å². The second-order valence-electron chi connectivity index (χ2n) is 7.39. The van der Waals surface area contributed by atoms with Gasteiger partial charge in [0.1, 0.15) is 5.75 Å². The zero-order chi connectivity index (χ0) is 20.3. The van der Waals surface area contributed by atoms with Gasteiger partial charge in [-0.3, -0.25) is 0 Å². The Morgan fingerprint density at radius 3 is 2.25 bits per heavy atom. The molecule has 0 aliphatic carbocycles. The molecule has 1 fully saturated rings. The molecule has 0 N–H and O–H groups in total. The summed E-state index contributed by atoms with van der Waals surface area (Å²) in [5, 5.41) is 0. The molecule has 0 atom stereocenters. The highest BCUT2D eigenvalue weighted by Crippen LogP contribution is 2.27. The Morgan fingerprint density at radius 2 is 1.57 bits per heavy atom. The van der Waals surface area contributed by atoms with E-state index < -0.39 is 16.0 Å². The van der Waals surface area contributed by atoms with Crippen molar-refractivity contribution in [3.05, 3.63) is 58.7 Å². The van der Waals surface area contributed by atoms with E-state index in [1.165, 1.54) is 10.4 Å². The molecule has 150 valence electrons. The van der Waals surface area contributed by atoms with Crippen LogP contribution in [0, 0.1) is 20.8 Å². The highest BCUT2D eigenvalue weighted by atomic mass is 32.2. The number of benzene rings is 2. The molecule has 1 heterocycles. The summed E-state index contributed by atoms with van der Waals surface area (Å²) in [4.78, 5) is 12.8. The standard InChI is InChI=1S/C22H27NO4S/c1-16-11-12-17(2)21(18(16)3)27-22(24)19-9-8-10-20(15-19)28(25,26)23-13-6-4-5-7-14-23/h8-12,15H,4-7,13-14H2,1-3H3. The minimum atomic E-state index is -3.61. The molecule has 28 heavy (non-hydrogen) atoms. The van der Waals surface area contributed by atoms with Gasteiger partial charge in [0.15, 0.2) is 0 Å². The van der Waals surface area contributed by atoms with Crippen LogP contribution in [0.3, 0.4) is 0 Å². The smallest absolute Gasteiger partial charge is 0.343 e. The average Bonchev–Trinajstić information content (AvgIpc) is 2.98. The van der Waals surface area contributed by atoms with Crippen molar-refractivity contribution in [1.82, 2.24) is 4.31 Å². The lowest BCUT2D eigenvalue weighted by Gasteiger charge is -2.20. The van der Waals surface area contributed by atoms with Crippen molar-refractivity contribution in [3.63, 3.8) is 0 Å². The van der Waals surface area contributed by atoms with Gasteiger partial charge in [-0.1, -0.05) is 31.0 Å². The number of nitrogens with zero attached hydrogens (tertiary/aromatic N) is 1. The number of sulfonamides is 1. The summed E-state index contributed by atoms with van der Waals surface area (Å²) in [6, 6.07) is 10.0. The third-order valence-electron chi connectivity index (χ3n) is 5.34. The van der Waals surface area contributed by atoms with E-state index >= 15 is 0 Å². The highest BCUT2D eigenvalue weighted by molar-refractivity contribution is 7.89. The fourth-order valence-electron chi connectivity index (χ4n) is 3.45. The summed E-state index contributed by atoms with van der Waals surface area (Å²) in [6.45, 7) is 6.80. The van der Waals surface area contributed by atoms with E-state index in [1.54, 1.807) is 18.2 Å². The molecular formula is C22H27NO4S. The summed E-state index contributed by atoms with van der Waals surface area (Å²) in [5.74, 6) is -0.0181. The van der Waals surface area contributed by atoms with Crippen molar-refractivity contribution in [1.29, 1.82) is 0 Å². The SMILES string of the molecule is Cc1ccc(C)c(OC(=O)c2cccc(S(=O)(=O)N3CCCCCC3)c2)c1C. The van der Waals surface area contributed by atoms with Crippen LogP contribution in [0.2, 0.25) is 0 Å². The van der Waals surface area contributed by atoms with E-state index in [0.717, 1.165) is 42.4 Å². The van der Waals surface area contributed by atoms with E-state index in [0.29, 0.717) is 18.8 Å². The molecule has 3 rings (SSSR count). The number of carbonyl (C=O) groups excluding carboxylic acids is 1. The van der Waals surface area contributed by atoms with Gasteiger partial charge in [-0.25, -0.2) is 13.2 Å². The van der Waals surface area contributed by atoms with Gasteiger partial charge in [0.2, 0.25) is 10.0 Å². The minimum absolute atomic E-state index is 0.140. The first-order valence-corrected chi connectivity index (χ1v) is 11.1. The highest BCUT2D eigenvalue weighted by Gasteiger charge is 2.26. The number of hydrogen-bond acceptors (Lipinski definition) is 4. The minimum Gasteiger partial charge on any atom is -0.422 e. The van der Waals surface area contributed by atoms with Crippen molar-refractivity contribution in [3.8, 4) is 5.75 Å². The van der Waals surface area contributed by atoms with Gasteiger partial charge in [0, 0.05) is 13.1 Å². The normalized spacial score (nSPS) is 15.8. The van der Waals surface area contributed by atoms with Gasteiger partial charge < -0.3 is 4.74 Å². The molecule has 2 aromatic rings. The summed E-state index contributed by atoms with van der Waals surface area (Å²) >= 11 is 0. The second kappa shape index (κ2) is 8.45. The lowest BCUT2D eigenvalue weighted by molar-refractivity contribution is 0.0732. The van der Waals surface area contributed by atoms with E-state index in [-0.39, 0.29) is 10.5 Å². The molecule has 6 heteroatoms. The van der Waals surface area contributed by atoms with E-state index in [1.807, 2.05) is 32.9 Å². The van der Waals surface area contributed by atoms with Gasteiger partial charge in [-0.15, -0.1) is 0 Å². The van der Waals surface area contributed by atoms with Gasteiger partial charge in [-0.2, -0.15) is 4.31 Å². The molecule has 0 radical (unpaired) electrons. The van der Waals surface area contributed by atoms with E-state index in [9.17, 15) is 13.2 Å². The Kier molecular flexibility index (Phi) is 6.20. The van der Waals surface area contributed by atoms with Crippen LogP contribution in [0.1, 0.15) is 52.7 Å². The van der Waals surface area contributed by atoms with Crippen molar-refractivity contribution in [2.75, 3.05) is 13.1 Å². The molecular weight excluding hydrogens is 374 g/mol.